The number of anilines is 1. The maximum Gasteiger partial charge on any atom is 0.310 e. The molecular weight excluding hydrogens is 418 g/mol. The van der Waals surface area contributed by atoms with Crippen LogP contribution in [0.25, 0.3) is 0 Å². The van der Waals surface area contributed by atoms with Crippen LogP contribution in [-0.2, 0) is 23.9 Å². The fourth-order valence-corrected chi connectivity index (χ4v) is 5.37. The van der Waals surface area contributed by atoms with Gasteiger partial charge in [-0.3, -0.25) is 14.4 Å². The molecule has 2 amide bonds. The van der Waals surface area contributed by atoms with Crippen molar-refractivity contribution in [3.63, 3.8) is 0 Å². The van der Waals surface area contributed by atoms with Gasteiger partial charge in [-0.1, -0.05) is 36.4 Å². The summed E-state index contributed by atoms with van der Waals surface area (Å²) in [6, 6.07) is 7.27. The van der Waals surface area contributed by atoms with Gasteiger partial charge in [0.2, 0.25) is 5.91 Å². The lowest BCUT2D eigenvalue weighted by Crippen LogP contribution is -2.50. The van der Waals surface area contributed by atoms with E-state index in [1.165, 1.54) is 4.90 Å². The van der Waals surface area contributed by atoms with Crippen molar-refractivity contribution in [2.75, 3.05) is 18.1 Å². The summed E-state index contributed by atoms with van der Waals surface area (Å²) in [5.74, 6) is -2.53. The van der Waals surface area contributed by atoms with Crippen molar-refractivity contribution < 1.29 is 23.9 Å². The van der Waals surface area contributed by atoms with Crippen molar-refractivity contribution >= 4 is 23.5 Å². The number of fused-ring (bicyclic) bond motifs is 4. The number of aryl methyl sites for hydroxylation is 1. The molecule has 0 saturated heterocycles. The molecule has 1 aromatic carbocycles. The average molecular weight is 448 g/mol. The highest BCUT2D eigenvalue weighted by atomic mass is 16.5. The number of hydrogen-bond acceptors (Lipinski definition) is 5. The van der Waals surface area contributed by atoms with Gasteiger partial charge >= 0.3 is 5.97 Å². The number of hydrogen-bond donors (Lipinski definition) is 0. The molecule has 6 heteroatoms. The van der Waals surface area contributed by atoms with E-state index in [2.05, 4.69) is 6.58 Å². The first kappa shape index (κ1) is 22.8. The summed E-state index contributed by atoms with van der Waals surface area (Å²) in [5, 5.41) is 0. The molecule has 172 valence electrons. The zero-order chi connectivity index (χ0) is 23.7. The van der Waals surface area contributed by atoms with E-state index < -0.39 is 23.7 Å². The highest BCUT2D eigenvalue weighted by molar-refractivity contribution is 6.21. The molecule has 6 nitrogen and oxygen atoms in total. The van der Waals surface area contributed by atoms with Crippen LogP contribution >= 0.6 is 0 Å². The lowest BCUT2D eigenvalue weighted by Gasteiger charge is -2.45. The quantitative estimate of drug-likeness (QED) is 0.498. The Morgan fingerprint density at radius 2 is 2.12 bits per heavy atom. The highest BCUT2D eigenvalue weighted by Gasteiger charge is 2.54. The third-order valence-corrected chi connectivity index (χ3v) is 6.65. The third kappa shape index (κ3) is 3.94. The molecule has 0 radical (unpaired) electrons. The fourth-order valence-electron chi connectivity index (χ4n) is 5.37. The summed E-state index contributed by atoms with van der Waals surface area (Å²) in [4.78, 5) is 41.6. The predicted octanol–water partition coefficient (Wildman–Crippen LogP) is 4.27. The first-order chi connectivity index (χ1) is 15.9. The molecule has 1 aromatic rings. The minimum Gasteiger partial charge on any atom is -0.493 e. The van der Waals surface area contributed by atoms with Crippen molar-refractivity contribution in [3.05, 3.63) is 77.6 Å². The van der Waals surface area contributed by atoms with E-state index in [-0.39, 0.29) is 31.0 Å². The van der Waals surface area contributed by atoms with E-state index in [9.17, 15) is 14.4 Å². The molecular formula is C27H29NO5. The number of ether oxygens (including phenoxy) is 2. The van der Waals surface area contributed by atoms with E-state index in [4.69, 9.17) is 9.47 Å². The summed E-state index contributed by atoms with van der Waals surface area (Å²) >= 11 is 0. The van der Waals surface area contributed by atoms with Crippen LogP contribution < -0.4 is 4.90 Å². The van der Waals surface area contributed by atoms with E-state index in [1.54, 1.807) is 31.2 Å². The molecule has 1 fully saturated rings. The Labute approximate surface area is 194 Å². The van der Waals surface area contributed by atoms with Crippen molar-refractivity contribution in [1.29, 1.82) is 0 Å². The van der Waals surface area contributed by atoms with Gasteiger partial charge < -0.3 is 9.47 Å². The summed E-state index contributed by atoms with van der Waals surface area (Å²) < 4.78 is 11.4. The first-order valence-corrected chi connectivity index (χ1v) is 11.3. The number of esters is 1. The Balaban J connectivity index is 1.90. The van der Waals surface area contributed by atoms with Crippen molar-refractivity contribution in [2.24, 2.45) is 23.7 Å². The maximum atomic E-state index is 13.8. The SMILES string of the molecule is C=CC1=C(/C=C\C)[C@@H]2C3=CC(=O)N(c4cccc(C)c4)C(=O)C(C3)[C@H](C(=O)OCC)[C@H]2CO1. The number of rotatable bonds is 5. The van der Waals surface area contributed by atoms with E-state index in [0.29, 0.717) is 17.9 Å². The topological polar surface area (TPSA) is 72.9 Å². The highest BCUT2D eigenvalue weighted by Crippen LogP contribution is 2.51. The second-order valence-corrected chi connectivity index (χ2v) is 8.63. The van der Waals surface area contributed by atoms with Crippen molar-refractivity contribution in [1.82, 2.24) is 0 Å². The van der Waals surface area contributed by atoms with Gasteiger partial charge in [0.15, 0.2) is 0 Å². The zero-order valence-corrected chi connectivity index (χ0v) is 19.2. The second kappa shape index (κ2) is 9.22. The molecule has 0 spiro atoms. The van der Waals surface area contributed by atoms with E-state index in [1.807, 2.05) is 38.1 Å². The number of benzene rings is 1. The summed E-state index contributed by atoms with van der Waals surface area (Å²) in [6.45, 7) is 9.89. The number of imide groups is 1. The molecule has 0 N–H and O–H groups in total. The lowest BCUT2D eigenvalue weighted by molar-refractivity contribution is -0.158. The smallest absolute Gasteiger partial charge is 0.310 e. The van der Waals surface area contributed by atoms with Gasteiger partial charge in [0.05, 0.1) is 30.7 Å². The lowest BCUT2D eigenvalue weighted by atomic mass is 9.61. The largest absolute Gasteiger partial charge is 0.493 e. The Bertz CT molecular complexity index is 1100. The Morgan fingerprint density at radius 1 is 1.33 bits per heavy atom. The summed E-state index contributed by atoms with van der Waals surface area (Å²) in [7, 11) is 0. The van der Waals surface area contributed by atoms with Gasteiger partial charge in [-0.2, -0.15) is 0 Å². The normalized spacial score (nSPS) is 27.0. The van der Waals surface area contributed by atoms with Gasteiger partial charge in [0, 0.05) is 23.5 Å². The molecule has 4 atom stereocenters. The molecule has 2 heterocycles. The van der Waals surface area contributed by atoms with Gasteiger partial charge in [-0.15, -0.1) is 0 Å². The molecule has 2 aliphatic heterocycles. The van der Waals surface area contributed by atoms with Crippen LogP contribution in [0.1, 0.15) is 25.8 Å². The fraction of sp³-hybridized carbons (Fsp3) is 0.370. The molecule has 0 aromatic heterocycles. The number of amides is 2. The predicted molar refractivity (Wildman–Crippen MR) is 125 cm³/mol. The molecule has 2 bridgehead atoms. The van der Waals surface area contributed by atoms with Crippen LogP contribution in [-0.4, -0.2) is 31.0 Å². The Kier molecular flexibility index (Phi) is 6.36. The molecule has 1 unspecified atom stereocenters. The third-order valence-electron chi connectivity index (χ3n) is 6.65. The molecule has 4 rings (SSSR count). The van der Waals surface area contributed by atoms with Crippen LogP contribution in [0.5, 0.6) is 0 Å². The van der Waals surface area contributed by atoms with E-state index in [0.717, 1.165) is 16.7 Å². The Hall–Kier alpha value is -3.41. The summed E-state index contributed by atoms with van der Waals surface area (Å²) in [5.41, 5.74) is 3.15. The maximum absolute atomic E-state index is 13.8. The second-order valence-electron chi connectivity index (χ2n) is 8.63. The van der Waals surface area contributed by atoms with Gasteiger partial charge in [-0.05, 0) is 51.0 Å². The number of allylic oxidation sites excluding steroid dienone is 5. The first-order valence-electron chi connectivity index (χ1n) is 11.3. The number of carbonyl (C=O) groups is 3. The van der Waals surface area contributed by atoms with Crippen molar-refractivity contribution in [2.45, 2.75) is 27.2 Å². The van der Waals surface area contributed by atoms with Gasteiger partial charge in [-0.25, -0.2) is 4.90 Å². The molecule has 1 saturated carbocycles. The minimum absolute atomic E-state index is 0.215. The van der Waals surface area contributed by atoms with Gasteiger partial charge in [0.25, 0.3) is 5.91 Å². The van der Waals surface area contributed by atoms with Crippen LogP contribution in [0.3, 0.4) is 0 Å². The van der Waals surface area contributed by atoms with Crippen LogP contribution in [0.2, 0.25) is 0 Å². The zero-order valence-electron chi connectivity index (χ0n) is 19.2. The monoisotopic (exact) mass is 447 g/mol. The number of nitrogens with zero attached hydrogens (tertiary/aromatic N) is 1. The van der Waals surface area contributed by atoms with Crippen molar-refractivity contribution in [3.8, 4) is 0 Å². The van der Waals surface area contributed by atoms with E-state index >= 15 is 0 Å². The average Bonchev–Trinajstić information content (AvgIpc) is 2.89. The van der Waals surface area contributed by atoms with Crippen LogP contribution in [0.15, 0.2) is 72.1 Å². The Morgan fingerprint density at radius 3 is 2.79 bits per heavy atom. The van der Waals surface area contributed by atoms with Gasteiger partial charge in [0.1, 0.15) is 5.76 Å². The molecule has 33 heavy (non-hydrogen) atoms. The van der Waals surface area contributed by atoms with Crippen LogP contribution in [0, 0.1) is 30.6 Å². The standard InChI is InChI=1S/C27H29NO5/c1-5-9-19-22(6-2)33-15-21-24(19)17-13-20(25(21)27(31)32-7-3)26(30)28(23(29)14-17)18-11-8-10-16(4)12-18/h5-6,8-12,14,20-21,24-25H,2,7,13,15H2,1,3-4H3/b9-5-/t20?,21-,24-,25-/m0/s1. The number of carbonyl (C=O) groups excluding carboxylic acids is 3. The summed E-state index contributed by atoms with van der Waals surface area (Å²) in [6.07, 6.45) is 7.39. The molecule has 1 aliphatic carbocycles. The molecule has 3 aliphatic rings. The minimum atomic E-state index is -0.718. The van der Waals surface area contributed by atoms with Crippen LogP contribution in [0.4, 0.5) is 5.69 Å².